The van der Waals surface area contributed by atoms with Gasteiger partial charge in [-0.25, -0.2) is 0 Å². The van der Waals surface area contributed by atoms with E-state index in [1.54, 1.807) is 0 Å². The van der Waals surface area contributed by atoms with Crippen LogP contribution in [0.3, 0.4) is 0 Å². The fourth-order valence-corrected chi connectivity index (χ4v) is 11.2. The lowest BCUT2D eigenvalue weighted by Gasteiger charge is -2.26. The molecule has 0 saturated carbocycles. The second kappa shape index (κ2) is 16.4. The van der Waals surface area contributed by atoms with E-state index in [1.165, 1.54) is 103 Å². The molecule has 0 bridgehead atoms. The highest BCUT2D eigenvalue weighted by Gasteiger charge is 2.20. The SMILES string of the molecule is C1#CCC=CC(c2ccc3c(c2)sc2cc(-c4ccc(N(c5ccc(-c6ccccc6)cc5)c5ccc(-c6cccc7c8cccc9c%10ccccc%10n(c67)c98)cc5)cc4)ccc23)=C1.CC. The molecule has 3 aromatic heterocycles. The molecule has 3 heteroatoms. The predicted octanol–water partition coefficient (Wildman–Crippen LogP) is 18.0. The zero-order valence-corrected chi connectivity index (χ0v) is 37.6. The third-order valence-electron chi connectivity index (χ3n) is 13.0. The lowest BCUT2D eigenvalue weighted by atomic mass is 10.00. The number of para-hydroxylation sites is 3. The molecule has 3 heterocycles. The summed E-state index contributed by atoms with van der Waals surface area (Å²) < 4.78 is 5.07. The van der Waals surface area contributed by atoms with Crippen LogP contribution < -0.4 is 4.90 Å². The van der Waals surface area contributed by atoms with Gasteiger partial charge in [0.15, 0.2) is 0 Å². The van der Waals surface area contributed by atoms with E-state index in [0.717, 1.165) is 23.5 Å². The largest absolute Gasteiger partial charge is 0.311 e. The molecular formula is C63H44N2S. The van der Waals surface area contributed by atoms with Crippen LogP contribution in [0.2, 0.25) is 0 Å². The van der Waals surface area contributed by atoms with E-state index in [9.17, 15) is 0 Å². The normalized spacial score (nSPS) is 12.4. The Labute approximate surface area is 389 Å². The number of thiophene rings is 1. The Morgan fingerprint density at radius 2 is 0.955 bits per heavy atom. The van der Waals surface area contributed by atoms with Gasteiger partial charge in [-0.15, -0.1) is 11.3 Å². The Balaban J connectivity index is 0.00000225. The van der Waals surface area contributed by atoms with Crippen molar-refractivity contribution in [2.24, 2.45) is 0 Å². The van der Waals surface area contributed by atoms with Crippen LogP contribution in [0.5, 0.6) is 0 Å². The highest BCUT2D eigenvalue weighted by Crippen LogP contribution is 2.44. The summed E-state index contributed by atoms with van der Waals surface area (Å²) >= 11 is 1.86. The molecule has 312 valence electrons. The predicted molar refractivity (Wildman–Crippen MR) is 286 cm³/mol. The number of hydrogen-bond donors (Lipinski definition) is 0. The minimum absolute atomic E-state index is 0.796. The number of allylic oxidation sites excluding steroid dienone is 4. The second-order valence-corrected chi connectivity index (χ2v) is 17.7. The number of benzene rings is 9. The van der Waals surface area contributed by atoms with Crippen LogP contribution in [0.15, 0.2) is 218 Å². The van der Waals surface area contributed by atoms with Crippen LogP contribution in [-0.4, -0.2) is 4.40 Å². The summed E-state index contributed by atoms with van der Waals surface area (Å²) in [5.74, 6) is 6.35. The molecule has 0 amide bonds. The summed E-state index contributed by atoms with van der Waals surface area (Å²) in [6.07, 6.45) is 7.15. The van der Waals surface area contributed by atoms with Gasteiger partial charge in [-0.1, -0.05) is 183 Å². The van der Waals surface area contributed by atoms with E-state index in [1.807, 2.05) is 31.3 Å². The number of rotatable bonds is 7. The average Bonchev–Trinajstić information content (AvgIpc) is 3.95. The van der Waals surface area contributed by atoms with Crippen LogP contribution in [0, 0.1) is 11.8 Å². The molecule has 9 aromatic carbocycles. The standard InChI is InChI=1S/C61H38N2S.C2H6/c1-2-5-15-41(14-4-1)45-28-36-52-53-37-29-46(39-59(53)64-58(52)38-45)43-24-32-48(33-25-43)62(47-30-22-42(23-31-47)40-12-6-3-7-13-40)49-34-26-44(27-35-49)50-17-10-19-55-56-20-11-18-54-51-16-8-9-21-57(51)63(60(50)55)61(54)56;1-2/h3-4,6-39H,1H2;1-2H3. The van der Waals surface area contributed by atoms with E-state index < -0.39 is 0 Å². The number of aromatic nitrogens is 1. The summed E-state index contributed by atoms with van der Waals surface area (Å²) in [6.45, 7) is 4.00. The molecule has 1 aliphatic carbocycles. The molecule has 0 aliphatic heterocycles. The van der Waals surface area contributed by atoms with Crippen LogP contribution >= 0.6 is 11.3 Å². The highest BCUT2D eigenvalue weighted by molar-refractivity contribution is 7.25. The second-order valence-electron chi connectivity index (χ2n) is 16.6. The smallest absolute Gasteiger partial charge is 0.0620 e. The maximum Gasteiger partial charge on any atom is 0.0620 e. The molecule has 0 N–H and O–H groups in total. The third-order valence-corrected chi connectivity index (χ3v) is 14.1. The Kier molecular flexibility index (Phi) is 9.82. The molecule has 1 aliphatic rings. The third kappa shape index (κ3) is 6.57. The lowest BCUT2D eigenvalue weighted by Crippen LogP contribution is -2.09. The van der Waals surface area contributed by atoms with Crippen molar-refractivity contribution in [3.05, 3.63) is 224 Å². The minimum atomic E-state index is 0.796. The summed E-state index contributed by atoms with van der Waals surface area (Å²) in [5, 5.41) is 7.77. The first-order valence-electron chi connectivity index (χ1n) is 22.9. The Morgan fingerprint density at radius 3 is 1.65 bits per heavy atom. The van der Waals surface area contributed by atoms with E-state index in [2.05, 4.69) is 233 Å². The van der Waals surface area contributed by atoms with E-state index in [0.29, 0.717) is 0 Å². The monoisotopic (exact) mass is 860 g/mol. The minimum Gasteiger partial charge on any atom is -0.311 e. The summed E-state index contributed by atoms with van der Waals surface area (Å²) in [6, 6.07) is 73.7. The molecule has 0 atom stereocenters. The van der Waals surface area contributed by atoms with E-state index in [4.69, 9.17) is 0 Å². The molecule has 0 unspecified atom stereocenters. The Hall–Kier alpha value is -8.16. The van der Waals surface area contributed by atoms with Gasteiger partial charge < -0.3 is 9.30 Å². The topological polar surface area (TPSA) is 7.65 Å². The van der Waals surface area contributed by atoms with Crippen molar-refractivity contribution < 1.29 is 0 Å². The van der Waals surface area contributed by atoms with Crippen LogP contribution in [0.1, 0.15) is 25.8 Å². The number of fused-ring (bicyclic) bond motifs is 9. The summed E-state index contributed by atoms with van der Waals surface area (Å²) in [5.41, 5.74) is 16.7. The lowest BCUT2D eigenvalue weighted by molar-refractivity contribution is 1.28. The van der Waals surface area contributed by atoms with Crippen molar-refractivity contribution in [1.29, 1.82) is 0 Å². The molecule has 13 rings (SSSR count). The zero-order valence-electron chi connectivity index (χ0n) is 36.8. The molecule has 0 radical (unpaired) electrons. The first kappa shape index (κ1) is 39.4. The van der Waals surface area contributed by atoms with Crippen molar-refractivity contribution in [1.82, 2.24) is 4.40 Å². The number of anilines is 3. The maximum atomic E-state index is 3.18. The fraction of sp³-hybridized carbons (Fsp3) is 0.0476. The maximum absolute atomic E-state index is 3.18. The van der Waals surface area contributed by atoms with Gasteiger partial charge in [0.25, 0.3) is 0 Å². The number of hydrogen-bond acceptors (Lipinski definition) is 2. The van der Waals surface area contributed by atoms with E-state index >= 15 is 0 Å². The average molecular weight is 861 g/mol. The molecule has 0 spiro atoms. The van der Waals surface area contributed by atoms with Crippen molar-refractivity contribution in [2.45, 2.75) is 20.3 Å². The molecule has 0 fully saturated rings. The van der Waals surface area contributed by atoms with Crippen LogP contribution in [0.25, 0.3) is 97.2 Å². The van der Waals surface area contributed by atoms with Gasteiger partial charge in [0.1, 0.15) is 0 Å². The summed E-state index contributed by atoms with van der Waals surface area (Å²) in [7, 11) is 0. The van der Waals surface area contributed by atoms with Gasteiger partial charge in [-0.2, -0.15) is 0 Å². The Morgan fingerprint density at radius 1 is 0.439 bits per heavy atom. The quantitative estimate of drug-likeness (QED) is 0.145. The van der Waals surface area contributed by atoms with Crippen LogP contribution in [-0.2, 0) is 0 Å². The van der Waals surface area contributed by atoms with Gasteiger partial charge in [-0.3, -0.25) is 0 Å². The van der Waals surface area contributed by atoms with Gasteiger partial charge >= 0.3 is 0 Å². The van der Waals surface area contributed by atoms with Gasteiger partial charge in [0.2, 0.25) is 0 Å². The first-order chi connectivity index (χ1) is 32.7. The number of nitrogens with zero attached hydrogens (tertiary/aromatic N) is 2. The Bertz CT molecular complexity index is 3890. The summed E-state index contributed by atoms with van der Waals surface area (Å²) in [4.78, 5) is 2.37. The fourth-order valence-electron chi connectivity index (χ4n) is 9.97. The van der Waals surface area contributed by atoms with Crippen LogP contribution in [0.4, 0.5) is 17.1 Å². The van der Waals surface area contributed by atoms with Gasteiger partial charge in [0.05, 0.1) is 16.6 Å². The van der Waals surface area contributed by atoms with E-state index in [-0.39, 0.29) is 0 Å². The zero-order chi connectivity index (χ0) is 44.1. The van der Waals surface area contributed by atoms with Crippen molar-refractivity contribution in [3.8, 4) is 45.2 Å². The van der Waals surface area contributed by atoms with Gasteiger partial charge in [0, 0.05) is 70.8 Å². The molecule has 2 nitrogen and oxygen atoms in total. The first-order valence-corrected chi connectivity index (χ1v) is 23.7. The van der Waals surface area contributed by atoms with Crippen molar-refractivity contribution >= 4 is 92.2 Å². The van der Waals surface area contributed by atoms with Crippen molar-refractivity contribution in [2.75, 3.05) is 4.90 Å². The molecule has 12 aromatic rings. The molecular weight excluding hydrogens is 817 g/mol. The van der Waals surface area contributed by atoms with Gasteiger partial charge in [-0.05, 0) is 99.6 Å². The molecule has 0 saturated heterocycles. The molecule has 66 heavy (non-hydrogen) atoms. The van der Waals surface area contributed by atoms with Crippen molar-refractivity contribution in [3.63, 3.8) is 0 Å². The highest BCUT2D eigenvalue weighted by atomic mass is 32.1.